The van der Waals surface area contributed by atoms with Crippen molar-refractivity contribution in [1.29, 1.82) is 0 Å². The van der Waals surface area contributed by atoms with Gasteiger partial charge in [0.25, 0.3) is 0 Å². The summed E-state index contributed by atoms with van der Waals surface area (Å²) in [6.45, 7) is 0.360. The van der Waals surface area contributed by atoms with Crippen molar-refractivity contribution in [1.82, 2.24) is 0 Å². The molecule has 0 fully saturated rings. The molecule has 0 aliphatic rings. The molecule has 0 saturated carbocycles. The number of aldehydes is 1. The van der Waals surface area contributed by atoms with Crippen LogP contribution in [0, 0.1) is 0 Å². The van der Waals surface area contributed by atoms with E-state index in [1.54, 1.807) is 12.1 Å². The van der Waals surface area contributed by atoms with Gasteiger partial charge < -0.3 is 9.47 Å². The number of hydrogen-bond donors (Lipinski definition) is 0. The van der Waals surface area contributed by atoms with Crippen molar-refractivity contribution in [2.24, 2.45) is 0 Å². The Bertz CT molecular complexity index is 567. The minimum atomic E-state index is 0.269. The number of benzene rings is 2. The van der Waals surface area contributed by atoms with E-state index >= 15 is 0 Å². The number of carbonyl (C=O) groups is 1. The molecule has 0 saturated heterocycles. The van der Waals surface area contributed by atoms with Crippen LogP contribution in [0.25, 0.3) is 0 Å². The molecule has 2 aromatic carbocycles. The molecule has 19 heavy (non-hydrogen) atoms. The Morgan fingerprint density at radius 2 is 1.89 bits per heavy atom. The van der Waals surface area contributed by atoms with Gasteiger partial charge in [-0.05, 0) is 17.7 Å². The summed E-state index contributed by atoms with van der Waals surface area (Å²) < 4.78 is 10.9. The third kappa shape index (κ3) is 3.06. The molecule has 0 bridgehead atoms. The maximum absolute atomic E-state index is 10.9. The Kier molecular flexibility index (Phi) is 4.42. The first kappa shape index (κ1) is 13.4. The van der Waals surface area contributed by atoms with Gasteiger partial charge in [-0.3, -0.25) is 4.79 Å². The summed E-state index contributed by atoms with van der Waals surface area (Å²) >= 11 is 6.12. The quantitative estimate of drug-likeness (QED) is 0.781. The summed E-state index contributed by atoms with van der Waals surface area (Å²) in [6.07, 6.45) is 0.692. The summed E-state index contributed by atoms with van der Waals surface area (Å²) in [5.41, 5.74) is 1.39. The third-order valence-electron chi connectivity index (χ3n) is 2.66. The molecule has 0 spiro atoms. The topological polar surface area (TPSA) is 35.5 Å². The predicted molar refractivity (Wildman–Crippen MR) is 74.2 cm³/mol. The monoisotopic (exact) mass is 276 g/mol. The third-order valence-corrected chi connectivity index (χ3v) is 3.05. The van der Waals surface area contributed by atoms with E-state index in [2.05, 4.69) is 0 Å². The van der Waals surface area contributed by atoms with Crippen LogP contribution >= 0.6 is 11.6 Å². The smallest absolute Gasteiger partial charge is 0.180 e. The number of carbonyl (C=O) groups excluding carboxylic acids is 1. The van der Waals surface area contributed by atoms with Gasteiger partial charge >= 0.3 is 0 Å². The second-order valence-electron chi connectivity index (χ2n) is 3.89. The van der Waals surface area contributed by atoms with Crippen LogP contribution in [-0.4, -0.2) is 13.4 Å². The zero-order valence-corrected chi connectivity index (χ0v) is 11.2. The first-order chi connectivity index (χ1) is 9.26. The number of methoxy groups -OCH3 is 1. The molecule has 0 unspecified atom stereocenters. The van der Waals surface area contributed by atoms with Crippen molar-refractivity contribution < 1.29 is 14.3 Å². The van der Waals surface area contributed by atoms with Crippen molar-refractivity contribution in [2.45, 2.75) is 6.61 Å². The van der Waals surface area contributed by atoms with E-state index in [0.29, 0.717) is 30.0 Å². The van der Waals surface area contributed by atoms with Gasteiger partial charge in [0.05, 0.1) is 12.1 Å². The highest BCUT2D eigenvalue weighted by Gasteiger charge is 2.13. The fraction of sp³-hybridized carbons (Fsp3) is 0.133. The molecule has 2 aromatic rings. The lowest BCUT2D eigenvalue weighted by Crippen LogP contribution is -1.99. The lowest BCUT2D eigenvalue weighted by molar-refractivity contribution is 0.112. The van der Waals surface area contributed by atoms with E-state index in [1.165, 1.54) is 7.11 Å². The molecule has 4 heteroatoms. The molecular weight excluding hydrogens is 264 g/mol. The molecule has 0 radical (unpaired) electrons. The van der Waals surface area contributed by atoms with Gasteiger partial charge in [0.15, 0.2) is 17.8 Å². The van der Waals surface area contributed by atoms with Crippen LogP contribution in [0.5, 0.6) is 11.5 Å². The highest BCUT2D eigenvalue weighted by Crippen LogP contribution is 2.37. The molecule has 98 valence electrons. The standard InChI is InChI=1S/C15H13ClO3/c1-18-13-8-7-12(9-17)14(16)15(13)19-10-11-5-3-2-4-6-11/h2-9H,10H2,1H3. The molecule has 2 rings (SSSR count). The maximum atomic E-state index is 10.9. The molecule has 0 atom stereocenters. The van der Waals surface area contributed by atoms with Crippen molar-refractivity contribution in [3.63, 3.8) is 0 Å². The van der Waals surface area contributed by atoms with Crippen molar-refractivity contribution in [2.75, 3.05) is 7.11 Å². The van der Waals surface area contributed by atoms with Crippen LogP contribution in [0.4, 0.5) is 0 Å². The number of halogens is 1. The SMILES string of the molecule is COc1ccc(C=O)c(Cl)c1OCc1ccccc1. The molecule has 0 heterocycles. The molecule has 3 nitrogen and oxygen atoms in total. The fourth-order valence-electron chi connectivity index (χ4n) is 1.67. The number of ether oxygens (including phenoxy) is 2. The van der Waals surface area contributed by atoms with Gasteiger partial charge in [-0.2, -0.15) is 0 Å². The Hall–Kier alpha value is -2.00. The normalized spacial score (nSPS) is 10.0. The summed E-state index contributed by atoms with van der Waals surface area (Å²) in [5, 5.41) is 0.269. The lowest BCUT2D eigenvalue weighted by atomic mass is 10.2. The Labute approximate surface area is 116 Å². The molecule has 0 aliphatic heterocycles. The van der Waals surface area contributed by atoms with E-state index < -0.39 is 0 Å². The summed E-state index contributed by atoms with van der Waals surface area (Å²) in [6, 6.07) is 13.0. The van der Waals surface area contributed by atoms with Crippen LogP contribution in [0.3, 0.4) is 0 Å². The van der Waals surface area contributed by atoms with Gasteiger partial charge in [0.2, 0.25) is 0 Å². The van der Waals surface area contributed by atoms with Gasteiger partial charge in [-0.15, -0.1) is 0 Å². The first-order valence-corrected chi connectivity index (χ1v) is 6.12. The predicted octanol–water partition coefficient (Wildman–Crippen LogP) is 3.74. The highest BCUT2D eigenvalue weighted by molar-refractivity contribution is 6.34. The summed E-state index contributed by atoms with van der Waals surface area (Å²) in [4.78, 5) is 10.9. The Morgan fingerprint density at radius 1 is 1.16 bits per heavy atom. The average Bonchev–Trinajstić information content (AvgIpc) is 2.46. The zero-order chi connectivity index (χ0) is 13.7. The molecule has 0 N–H and O–H groups in total. The Balaban J connectivity index is 2.25. The zero-order valence-electron chi connectivity index (χ0n) is 10.4. The summed E-state index contributed by atoms with van der Waals surface area (Å²) in [5.74, 6) is 0.893. The fourth-order valence-corrected chi connectivity index (χ4v) is 1.92. The number of hydrogen-bond acceptors (Lipinski definition) is 3. The van der Waals surface area contributed by atoms with Gasteiger partial charge in [0, 0.05) is 5.56 Å². The van der Waals surface area contributed by atoms with Crippen molar-refractivity contribution >= 4 is 17.9 Å². The second-order valence-corrected chi connectivity index (χ2v) is 4.27. The van der Waals surface area contributed by atoms with E-state index in [1.807, 2.05) is 30.3 Å². The van der Waals surface area contributed by atoms with Crippen molar-refractivity contribution in [3.8, 4) is 11.5 Å². The van der Waals surface area contributed by atoms with Crippen LogP contribution in [0.1, 0.15) is 15.9 Å². The van der Waals surface area contributed by atoms with E-state index in [-0.39, 0.29) is 5.02 Å². The average molecular weight is 277 g/mol. The second kappa shape index (κ2) is 6.25. The largest absolute Gasteiger partial charge is 0.493 e. The molecule has 0 aromatic heterocycles. The van der Waals surface area contributed by atoms with E-state index in [9.17, 15) is 4.79 Å². The maximum Gasteiger partial charge on any atom is 0.180 e. The van der Waals surface area contributed by atoms with Crippen LogP contribution in [0.2, 0.25) is 5.02 Å². The number of rotatable bonds is 5. The summed E-state index contributed by atoms with van der Waals surface area (Å²) in [7, 11) is 1.53. The molecule has 0 aliphatic carbocycles. The van der Waals surface area contributed by atoms with Crippen molar-refractivity contribution in [3.05, 3.63) is 58.6 Å². The minimum Gasteiger partial charge on any atom is -0.493 e. The van der Waals surface area contributed by atoms with Crippen LogP contribution in [-0.2, 0) is 6.61 Å². The first-order valence-electron chi connectivity index (χ1n) is 5.74. The van der Waals surface area contributed by atoms with E-state index in [4.69, 9.17) is 21.1 Å². The van der Waals surface area contributed by atoms with Crippen LogP contribution in [0.15, 0.2) is 42.5 Å². The van der Waals surface area contributed by atoms with Gasteiger partial charge in [-0.25, -0.2) is 0 Å². The highest BCUT2D eigenvalue weighted by atomic mass is 35.5. The molecule has 0 amide bonds. The molecular formula is C15H13ClO3. The van der Waals surface area contributed by atoms with Gasteiger partial charge in [0.1, 0.15) is 6.61 Å². The van der Waals surface area contributed by atoms with Gasteiger partial charge in [-0.1, -0.05) is 41.9 Å². The van der Waals surface area contributed by atoms with Crippen LogP contribution < -0.4 is 9.47 Å². The Morgan fingerprint density at radius 3 is 2.53 bits per heavy atom. The minimum absolute atomic E-state index is 0.269. The lowest BCUT2D eigenvalue weighted by Gasteiger charge is -2.13. The van der Waals surface area contributed by atoms with E-state index in [0.717, 1.165) is 5.56 Å².